The number of aryl methyl sites for hydroxylation is 4. The zero-order valence-corrected chi connectivity index (χ0v) is 14.7. The summed E-state index contributed by atoms with van der Waals surface area (Å²) in [6.45, 7) is 8.29. The van der Waals surface area contributed by atoms with Crippen molar-refractivity contribution < 1.29 is 10.2 Å². The number of hydrogen-bond acceptors (Lipinski definition) is 2. The van der Waals surface area contributed by atoms with Gasteiger partial charge >= 0.3 is 0 Å². The first-order valence-electron chi connectivity index (χ1n) is 8.71. The van der Waals surface area contributed by atoms with Crippen LogP contribution in [-0.4, -0.2) is 10.2 Å². The highest BCUT2D eigenvalue weighted by Gasteiger charge is 2.11. The second-order valence-corrected chi connectivity index (χ2v) is 6.12. The first-order valence-corrected chi connectivity index (χ1v) is 8.71. The zero-order valence-electron chi connectivity index (χ0n) is 14.7. The van der Waals surface area contributed by atoms with Crippen LogP contribution in [0.1, 0.15) is 61.1 Å². The summed E-state index contributed by atoms with van der Waals surface area (Å²) in [5.41, 5.74) is 6.53. The molecule has 2 rings (SSSR count). The molecule has 0 aromatic heterocycles. The number of hydrogen-bond donors (Lipinski definition) is 2. The standard InChI is InChI=1S/C21H28O2/c1-5-16-10-14(11-17(6-2)20(16)22)9-15-12-18(7-3)21(23)19(8-4)13-15/h10-13,22-23H,5-9H2,1-4H3. The topological polar surface area (TPSA) is 40.5 Å². The van der Waals surface area contributed by atoms with Crippen molar-refractivity contribution in [1.29, 1.82) is 0 Å². The lowest BCUT2D eigenvalue weighted by Crippen LogP contribution is -1.98. The Morgan fingerprint density at radius 1 is 0.565 bits per heavy atom. The molecule has 2 aromatic rings. The Labute approximate surface area is 139 Å². The van der Waals surface area contributed by atoms with Gasteiger partial charge in [-0.2, -0.15) is 0 Å². The SMILES string of the molecule is CCc1cc(Cc2cc(CC)c(O)c(CC)c2)cc(CC)c1O. The predicted octanol–water partition coefficient (Wildman–Crippen LogP) is 4.94. The molecule has 23 heavy (non-hydrogen) atoms. The second-order valence-electron chi connectivity index (χ2n) is 6.12. The van der Waals surface area contributed by atoms with Crippen LogP contribution < -0.4 is 0 Å². The van der Waals surface area contributed by atoms with E-state index in [2.05, 4.69) is 52.0 Å². The molecule has 0 heterocycles. The number of rotatable bonds is 6. The van der Waals surface area contributed by atoms with Gasteiger partial charge in [-0.25, -0.2) is 0 Å². The van der Waals surface area contributed by atoms with Gasteiger partial charge in [-0.3, -0.25) is 0 Å². The summed E-state index contributed by atoms with van der Waals surface area (Å²) in [5.74, 6) is 0.904. The molecule has 2 nitrogen and oxygen atoms in total. The van der Waals surface area contributed by atoms with Crippen LogP contribution in [0, 0.1) is 0 Å². The highest BCUT2D eigenvalue weighted by Crippen LogP contribution is 2.30. The van der Waals surface area contributed by atoms with Crippen LogP contribution in [0.25, 0.3) is 0 Å². The molecule has 124 valence electrons. The molecule has 0 saturated carbocycles. The van der Waals surface area contributed by atoms with Gasteiger partial charge < -0.3 is 10.2 Å². The molecule has 0 atom stereocenters. The van der Waals surface area contributed by atoms with E-state index >= 15 is 0 Å². The van der Waals surface area contributed by atoms with Gasteiger partial charge in [0.2, 0.25) is 0 Å². The summed E-state index contributed by atoms with van der Waals surface area (Å²) < 4.78 is 0. The van der Waals surface area contributed by atoms with Gasteiger partial charge in [0.1, 0.15) is 11.5 Å². The van der Waals surface area contributed by atoms with Crippen molar-refractivity contribution >= 4 is 0 Å². The maximum absolute atomic E-state index is 10.2. The number of phenolic OH excluding ortho intramolecular Hbond substituents is 2. The van der Waals surface area contributed by atoms with E-state index in [1.165, 1.54) is 11.1 Å². The van der Waals surface area contributed by atoms with Crippen LogP contribution >= 0.6 is 0 Å². The molecule has 0 spiro atoms. The lowest BCUT2D eigenvalue weighted by atomic mass is 9.93. The maximum atomic E-state index is 10.2. The van der Waals surface area contributed by atoms with Gasteiger partial charge in [0, 0.05) is 0 Å². The van der Waals surface area contributed by atoms with Gasteiger partial charge in [-0.05, 0) is 65.5 Å². The van der Waals surface area contributed by atoms with Crippen LogP contribution in [0.5, 0.6) is 11.5 Å². The summed E-state index contributed by atoms with van der Waals surface area (Å²) >= 11 is 0. The summed E-state index contributed by atoms with van der Waals surface area (Å²) in [4.78, 5) is 0. The monoisotopic (exact) mass is 312 g/mol. The Kier molecular flexibility index (Phi) is 5.70. The predicted molar refractivity (Wildman–Crippen MR) is 96.5 cm³/mol. The number of phenols is 2. The van der Waals surface area contributed by atoms with E-state index in [1.54, 1.807) is 0 Å². The van der Waals surface area contributed by atoms with Gasteiger partial charge in [0.25, 0.3) is 0 Å². The van der Waals surface area contributed by atoms with Crippen molar-refractivity contribution in [3.63, 3.8) is 0 Å². The minimum Gasteiger partial charge on any atom is -0.507 e. The van der Waals surface area contributed by atoms with E-state index < -0.39 is 0 Å². The molecule has 0 fully saturated rings. The van der Waals surface area contributed by atoms with Crippen molar-refractivity contribution in [2.45, 2.75) is 59.8 Å². The van der Waals surface area contributed by atoms with Crippen molar-refractivity contribution in [3.05, 3.63) is 57.6 Å². The van der Waals surface area contributed by atoms with Crippen LogP contribution in [0.4, 0.5) is 0 Å². The lowest BCUT2D eigenvalue weighted by molar-refractivity contribution is 0.462. The third-order valence-electron chi connectivity index (χ3n) is 4.59. The molecule has 0 aliphatic carbocycles. The molecular weight excluding hydrogens is 284 g/mol. The Hall–Kier alpha value is -1.96. The fraction of sp³-hybridized carbons (Fsp3) is 0.429. The van der Waals surface area contributed by atoms with Crippen molar-refractivity contribution in [2.24, 2.45) is 0 Å². The van der Waals surface area contributed by atoms with Gasteiger partial charge in [-0.15, -0.1) is 0 Å². The Balaban J connectivity index is 2.43. The Morgan fingerprint density at radius 2 is 0.826 bits per heavy atom. The molecule has 0 saturated heterocycles. The first kappa shape index (κ1) is 17.4. The lowest BCUT2D eigenvalue weighted by Gasteiger charge is -2.14. The normalized spacial score (nSPS) is 11.0. The second kappa shape index (κ2) is 7.54. The van der Waals surface area contributed by atoms with E-state index in [-0.39, 0.29) is 0 Å². The molecule has 0 radical (unpaired) electrons. The number of benzene rings is 2. The van der Waals surface area contributed by atoms with Gasteiger partial charge in [0.05, 0.1) is 0 Å². The van der Waals surface area contributed by atoms with Crippen molar-refractivity contribution in [2.75, 3.05) is 0 Å². The number of aromatic hydroxyl groups is 2. The van der Waals surface area contributed by atoms with Crippen LogP contribution in [0.2, 0.25) is 0 Å². The summed E-state index contributed by atoms with van der Waals surface area (Å²) in [6, 6.07) is 8.44. The maximum Gasteiger partial charge on any atom is 0.121 e. The third kappa shape index (κ3) is 3.69. The zero-order chi connectivity index (χ0) is 17.0. The molecule has 2 N–H and O–H groups in total. The summed E-state index contributed by atoms with van der Waals surface area (Å²) in [7, 11) is 0. The minimum absolute atomic E-state index is 0.452. The highest BCUT2D eigenvalue weighted by atomic mass is 16.3. The average molecular weight is 312 g/mol. The summed E-state index contributed by atoms with van der Waals surface area (Å²) in [6.07, 6.45) is 4.18. The molecule has 0 amide bonds. The van der Waals surface area contributed by atoms with E-state index in [9.17, 15) is 10.2 Å². The molecule has 0 bridgehead atoms. The van der Waals surface area contributed by atoms with Crippen LogP contribution in [0.3, 0.4) is 0 Å². The van der Waals surface area contributed by atoms with Gasteiger partial charge in [0.15, 0.2) is 0 Å². The fourth-order valence-electron chi connectivity index (χ4n) is 3.18. The van der Waals surface area contributed by atoms with Crippen LogP contribution in [0.15, 0.2) is 24.3 Å². The molecule has 0 unspecified atom stereocenters. The Bertz CT molecular complexity index is 577. The minimum atomic E-state index is 0.452. The van der Waals surface area contributed by atoms with E-state index in [1.807, 2.05) is 0 Å². The van der Waals surface area contributed by atoms with E-state index in [4.69, 9.17) is 0 Å². The van der Waals surface area contributed by atoms with E-state index in [0.717, 1.165) is 54.4 Å². The van der Waals surface area contributed by atoms with Crippen LogP contribution in [-0.2, 0) is 32.1 Å². The van der Waals surface area contributed by atoms with E-state index in [0.29, 0.717) is 11.5 Å². The third-order valence-corrected chi connectivity index (χ3v) is 4.59. The highest BCUT2D eigenvalue weighted by molar-refractivity contribution is 5.48. The molecule has 2 heteroatoms. The quantitative estimate of drug-likeness (QED) is 0.793. The van der Waals surface area contributed by atoms with Crippen molar-refractivity contribution in [1.82, 2.24) is 0 Å². The largest absolute Gasteiger partial charge is 0.507 e. The summed E-state index contributed by atoms with van der Waals surface area (Å²) in [5, 5.41) is 20.5. The Morgan fingerprint density at radius 3 is 1.04 bits per heavy atom. The first-order chi connectivity index (χ1) is 11.0. The fourth-order valence-corrected chi connectivity index (χ4v) is 3.18. The van der Waals surface area contributed by atoms with Crippen molar-refractivity contribution in [3.8, 4) is 11.5 Å². The van der Waals surface area contributed by atoms with Gasteiger partial charge in [-0.1, -0.05) is 52.0 Å². The molecule has 2 aromatic carbocycles. The molecule has 0 aliphatic rings. The molecular formula is C21H28O2. The average Bonchev–Trinajstić information content (AvgIpc) is 2.57. The molecule has 0 aliphatic heterocycles. The smallest absolute Gasteiger partial charge is 0.121 e.